The van der Waals surface area contributed by atoms with Crippen LogP contribution in [0.3, 0.4) is 0 Å². The maximum Gasteiger partial charge on any atom is 0.0650 e. The highest BCUT2D eigenvalue weighted by molar-refractivity contribution is 4.94. The van der Waals surface area contributed by atoms with Crippen molar-refractivity contribution < 1.29 is 14.2 Å². The van der Waals surface area contributed by atoms with Crippen LogP contribution in [0.5, 0.6) is 0 Å². The van der Waals surface area contributed by atoms with Gasteiger partial charge in [0.05, 0.1) is 39.6 Å². The number of allylic oxidation sites excluding steroid dienone is 3. The molecular formula is C21H38O3. The van der Waals surface area contributed by atoms with Gasteiger partial charge < -0.3 is 14.2 Å². The van der Waals surface area contributed by atoms with Gasteiger partial charge in [-0.05, 0) is 48.0 Å². The highest BCUT2D eigenvalue weighted by Gasteiger charge is 2.29. The first kappa shape index (κ1) is 23.1. The van der Waals surface area contributed by atoms with Gasteiger partial charge in [-0.3, -0.25) is 0 Å². The van der Waals surface area contributed by atoms with Crippen LogP contribution in [-0.2, 0) is 14.2 Å². The number of ether oxygens (including phenoxy) is 3. The van der Waals surface area contributed by atoms with Gasteiger partial charge in [-0.25, -0.2) is 0 Å². The lowest BCUT2D eigenvalue weighted by Gasteiger charge is -2.31. The van der Waals surface area contributed by atoms with E-state index in [4.69, 9.17) is 14.2 Å². The Morgan fingerprint density at radius 1 is 0.625 bits per heavy atom. The molecule has 0 rings (SSSR count). The molecule has 0 saturated heterocycles. The molecule has 24 heavy (non-hydrogen) atoms. The summed E-state index contributed by atoms with van der Waals surface area (Å²) in [6.07, 6.45) is 7.28. The van der Waals surface area contributed by atoms with Gasteiger partial charge in [-0.15, -0.1) is 0 Å². The molecule has 0 fully saturated rings. The Morgan fingerprint density at radius 3 is 1.12 bits per heavy atom. The van der Waals surface area contributed by atoms with Crippen LogP contribution >= 0.6 is 0 Å². The van der Waals surface area contributed by atoms with Crippen LogP contribution in [0, 0.1) is 5.41 Å². The van der Waals surface area contributed by atoms with E-state index in [9.17, 15) is 0 Å². The molecule has 0 aliphatic carbocycles. The average Bonchev–Trinajstić information content (AvgIpc) is 2.51. The van der Waals surface area contributed by atoms with E-state index in [-0.39, 0.29) is 5.41 Å². The van der Waals surface area contributed by atoms with Crippen LogP contribution in [0.2, 0.25) is 0 Å². The fourth-order valence-electron chi connectivity index (χ4n) is 1.93. The van der Waals surface area contributed by atoms with E-state index in [1.807, 2.05) is 0 Å². The van der Waals surface area contributed by atoms with E-state index < -0.39 is 0 Å². The predicted molar refractivity (Wildman–Crippen MR) is 103 cm³/mol. The molecule has 140 valence electrons. The lowest BCUT2D eigenvalue weighted by atomic mass is 9.88. The van der Waals surface area contributed by atoms with E-state index in [2.05, 4.69) is 66.7 Å². The summed E-state index contributed by atoms with van der Waals surface area (Å²) in [4.78, 5) is 0. The van der Waals surface area contributed by atoms with Crippen molar-refractivity contribution in [1.82, 2.24) is 0 Å². The average molecular weight is 339 g/mol. The quantitative estimate of drug-likeness (QED) is 0.335. The van der Waals surface area contributed by atoms with Crippen molar-refractivity contribution >= 4 is 0 Å². The Hall–Kier alpha value is -0.900. The van der Waals surface area contributed by atoms with Gasteiger partial charge >= 0.3 is 0 Å². The zero-order valence-electron chi connectivity index (χ0n) is 16.9. The van der Waals surface area contributed by atoms with Gasteiger partial charge in [-0.2, -0.15) is 0 Å². The number of hydrogen-bond acceptors (Lipinski definition) is 3. The van der Waals surface area contributed by atoms with Crippen molar-refractivity contribution in [3.63, 3.8) is 0 Å². The minimum Gasteiger partial charge on any atom is -0.377 e. The summed E-state index contributed by atoms with van der Waals surface area (Å²) in [5.41, 5.74) is 3.73. The molecule has 0 aromatic rings. The van der Waals surface area contributed by atoms with E-state index >= 15 is 0 Å². The van der Waals surface area contributed by atoms with Gasteiger partial charge in [0.2, 0.25) is 0 Å². The highest BCUT2D eigenvalue weighted by atomic mass is 16.5. The third kappa shape index (κ3) is 12.5. The smallest absolute Gasteiger partial charge is 0.0650 e. The van der Waals surface area contributed by atoms with Crippen LogP contribution in [0.25, 0.3) is 0 Å². The molecule has 0 N–H and O–H groups in total. The molecule has 3 nitrogen and oxygen atoms in total. The molecular weight excluding hydrogens is 300 g/mol. The van der Waals surface area contributed by atoms with E-state index in [1.54, 1.807) is 0 Å². The minimum atomic E-state index is -0.0968. The normalized spacial score (nSPS) is 11.1. The molecule has 0 heterocycles. The van der Waals surface area contributed by atoms with Crippen molar-refractivity contribution in [2.24, 2.45) is 5.41 Å². The molecule has 0 radical (unpaired) electrons. The molecule has 0 aliphatic heterocycles. The molecule has 0 spiro atoms. The molecule has 3 heteroatoms. The standard InChI is InChI=1S/C21H38O3/c1-8-21(15-22-12-9-18(2)3,16-23-13-10-19(4)5)17-24-14-11-20(6)7/h9-11H,8,12-17H2,1-7H3. The van der Waals surface area contributed by atoms with Crippen molar-refractivity contribution in [1.29, 1.82) is 0 Å². The zero-order valence-corrected chi connectivity index (χ0v) is 16.9. The van der Waals surface area contributed by atoms with Crippen LogP contribution in [0.1, 0.15) is 54.9 Å². The zero-order chi connectivity index (χ0) is 18.4. The summed E-state index contributed by atoms with van der Waals surface area (Å²) < 4.78 is 17.7. The Bertz CT molecular complexity index is 347. The fourth-order valence-corrected chi connectivity index (χ4v) is 1.93. The first-order valence-electron chi connectivity index (χ1n) is 8.94. The second kappa shape index (κ2) is 13.4. The summed E-state index contributed by atoms with van der Waals surface area (Å²) in [5, 5.41) is 0. The van der Waals surface area contributed by atoms with Gasteiger partial charge in [0.25, 0.3) is 0 Å². The van der Waals surface area contributed by atoms with Crippen molar-refractivity contribution in [2.45, 2.75) is 54.9 Å². The first-order valence-corrected chi connectivity index (χ1v) is 8.94. The van der Waals surface area contributed by atoms with Gasteiger partial charge in [0, 0.05) is 5.41 Å². The third-order valence-corrected chi connectivity index (χ3v) is 3.80. The molecule has 0 amide bonds. The lowest BCUT2D eigenvalue weighted by Crippen LogP contribution is -2.37. The van der Waals surface area contributed by atoms with E-state index in [1.165, 1.54) is 16.7 Å². The van der Waals surface area contributed by atoms with Crippen LogP contribution in [-0.4, -0.2) is 39.6 Å². The summed E-state index contributed by atoms with van der Waals surface area (Å²) in [5.74, 6) is 0. The Morgan fingerprint density at radius 2 is 0.917 bits per heavy atom. The first-order chi connectivity index (χ1) is 11.3. The Labute approximate surface area is 149 Å². The molecule has 0 aliphatic rings. The van der Waals surface area contributed by atoms with Crippen LogP contribution in [0.4, 0.5) is 0 Å². The number of rotatable bonds is 13. The predicted octanol–water partition coefficient (Wildman–Crippen LogP) is 5.33. The molecule has 0 aromatic heterocycles. The molecule has 0 bridgehead atoms. The maximum absolute atomic E-state index is 5.89. The third-order valence-electron chi connectivity index (χ3n) is 3.80. The van der Waals surface area contributed by atoms with Crippen molar-refractivity contribution in [3.05, 3.63) is 34.9 Å². The summed E-state index contributed by atoms with van der Waals surface area (Å²) in [7, 11) is 0. The van der Waals surface area contributed by atoms with Crippen LogP contribution in [0.15, 0.2) is 34.9 Å². The minimum absolute atomic E-state index is 0.0968. The highest BCUT2D eigenvalue weighted by Crippen LogP contribution is 2.24. The monoisotopic (exact) mass is 338 g/mol. The fraction of sp³-hybridized carbons (Fsp3) is 0.714. The van der Waals surface area contributed by atoms with Crippen molar-refractivity contribution in [2.75, 3.05) is 39.6 Å². The van der Waals surface area contributed by atoms with Gasteiger partial charge in [0.1, 0.15) is 0 Å². The second-order valence-electron chi connectivity index (χ2n) is 7.24. The summed E-state index contributed by atoms with van der Waals surface area (Å²) in [6, 6.07) is 0. The molecule has 0 unspecified atom stereocenters. The second-order valence-corrected chi connectivity index (χ2v) is 7.24. The SMILES string of the molecule is CCC(COCC=C(C)C)(COCC=C(C)C)COCC=C(C)C. The Kier molecular flexibility index (Phi) is 12.9. The maximum atomic E-state index is 5.89. The Balaban J connectivity index is 4.63. The summed E-state index contributed by atoms with van der Waals surface area (Å²) >= 11 is 0. The molecule has 0 saturated carbocycles. The van der Waals surface area contributed by atoms with Gasteiger partial charge in [-0.1, -0.05) is 41.9 Å². The molecule has 0 aromatic carbocycles. The number of hydrogen-bond donors (Lipinski definition) is 0. The van der Waals surface area contributed by atoms with E-state index in [0.29, 0.717) is 39.6 Å². The largest absolute Gasteiger partial charge is 0.377 e. The summed E-state index contributed by atoms with van der Waals surface area (Å²) in [6.45, 7) is 18.6. The molecule has 0 atom stereocenters. The lowest BCUT2D eigenvalue weighted by molar-refractivity contribution is -0.0589. The van der Waals surface area contributed by atoms with Crippen molar-refractivity contribution in [3.8, 4) is 0 Å². The van der Waals surface area contributed by atoms with Crippen LogP contribution < -0.4 is 0 Å². The van der Waals surface area contributed by atoms with Gasteiger partial charge in [0.15, 0.2) is 0 Å². The van der Waals surface area contributed by atoms with E-state index in [0.717, 1.165) is 6.42 Å². The topological polar surface area (TPSA) is 27.7 Å².